The third-order valence-electron chi connectivity index (χ3n) is 4.32. The zero-order valence-electron chi connectivity index (χ0n) is 14.2. The van der Waals surface area contributed by atoms with Crippen molar-refractivity contribution >= 4 is 34.1 Å². The molecule has 2 heterocycles. The predicted molar refractivity (Wildman–Crippen MR) is 99.2 cm³/mol. The van der Waals surface area contributed by atoms with Crippen LogP contribution < -0.4 is 15.4 Å². The third kappa shape index (κ3) is 2.97. The molecule has 0 saturated heterocycles. The van der Waals surface area contributed by atoms with E-state index in [9.17, 15) is 9.59 Å². The van der Waals surface area contributed by atoms with E-state index in [0.29, 0.717) is 17.1 Å². The van der Waals surface area contributed by atoms with Crippen LogP contribution >= 0.6 is 0 Å². The Balaban J connectivity index is 1.52. The third-order valence-corrected chi connectivity index (χ3v) is 4.32. The van der Waals surface area contributed by atoms with Crippen LogP contribution in [0.15, 0.2) is 54.7 Å². The Bertz CT molecular complexity index is 1020. The first-order valence-electron chi connectivity index (χ1n) is 8.32. The number of rotatable bonds is 3. The number of carbonyl (C=O) groups is 2. The molecule has 0 saturated carbocycles. The van der Waals surface area contributed by atoms with E-state index in [1.807, 2.05) is 43.3 Å². The Labute approximate surface area is 150 Å². The molecule has 3 aromatic rings. The monoisotopic (exact) mass is 347 g/mol. The minimum Gasteiger partial charge on any atom is -0.478 e. The number of hydrogen-bond donors (Lipinski definition) is 2. The van der Waals surface area contributed by atoms with Crippen molar-refractivity contribution in [2.75, 3.05) is 10.6 Å². The van der Waals surface area contributed by atoms with Crippen molar-refractivity contribution in [3.63, 3.8) is 0 Å². The van der Waals surface area contributed by atoms with Gasteiger partial charge in [0, 0.05) is 11.6 Å². The number of para-hydroxylation sites is 2. The molecule has 0 bridgehead atoms. The van der Waals surface area contributed by atoms with Crippen LogP contribution in [0.1, 0.15) is 12.0 Å². The van der Waals surface area contributed by atoms with E-state index >= 15 is 0 Å². The number of aryl methyl sites for hydroxylation is 1. The van der Waals surface area contributed by atoms with Crippen molar-refractivity contribution in [1.29, 1.82) is 0 Å². The molecule has 6 nitrogen and oxygen atoms in total. The van der Waals surface area contributed by atoms with Gasteiger partial charge in [-0.3, -0.25) is 14.6 Å². The first-order chi connectivity index (χ1) is 12.6. The van der Waals surface area contributed by atoms with Crippen LogP contribution in [0.4, 0.5) is 11.4 Å². The molecule has 6 heteroatoms. The fourth-order valence-electron chi connectivity index (χ4n) is 3.02. The lowest BCUT2D eigenvalue weighted by molar-refractivity contribution is -0.128. The van der Waals surface area contributed by atoms with Crippen molar-refractivity contribution in [2.45, 2.75) is 19.4 Å². The maximum absolute atomic E-state index is 12.5. The van der Waals surface area contributed by atoms with Crippen LogP contribution in [0, 0.1) is 6.92 Å². The molecule has 1 atom stereocenters. The van der Waals surface area contributed by atoms with Crippen molar-refractivity contribution in [3.8, 4) is 5.75 Å². The number of anilines is 2. The zero-order valence-corrected chi connectivity index (χ0v) is 14.2. The lowest BCUT2D eigenvalue weighted by atomic mass is 10.1. The molecular formula is C20H17N3O3. The van der Waals surface area contributed by atoms with Crippen molar-refractivity contribution in [2.24, 2.45) is 0 Å². The van der Waals surface area contributed by atoms with Crippen LogP contribution in [0.5, 0.6) is 5.75 Å². The van der Waals surface area contributed by atoms with Crippen LogP contribution in [-0.2, 0) is 9.59 Å². The Morgan fingerprint density at radius 1 is 1.19 bits per heavy atom. The molecule has 4 rings (SSSR count). The summed E-state index contributed by atoms with van der Waals surface area (Å²) in [7, 11) is 0. The molecule has 130 valence electrons. The second-order valence-corrected chi connectivity index (χ2v) is 6.17. The van der Waals surface area contributed by atoms with Crippen LogP contribution in [0.2, 0.25) is 0 Å². The number of aromatic nitrogens is 1. The van der Waals surface area contributed by atoms with Gasteiger partial charge in [-0.2, -0.15) is 0 Å². The smallest absolute Gasteiger partial charge is 0.266 e. The fourth-order valence-corrected chi connectivity index (χ4v) is 3.02. The predicted octanol–water partition coefficient (Wildman–Crippen LogP) is 3.27. The lowest BCUT2D eigenvalue weighted by Gasteiger charge is -2.25. The summed E-state index contributed by atoms with van der Waals surface area (Å²) >= 11 is 0. The lowest BCUT2D eigenvalue weighted by Crippen LogP contribution is -2.39. The van der Waals surface area contributed by atoms with Gasteiger partial charge in [0.25, 0.3) is 5.91 Å². The SMILES string of the molecule is Cc1ccc(NC(=O)C[C@H]2Oc3ccccc3NC2=O)c2cccnc12. The highest BCUT2D eigenvalue weighted by molar-refractivity contribution is 6.05. The first kappa shape index (κ1) is 16.1. The molecule has 0 fully saturated rings. The van der Waals surface area contributed by atoms with Gasteiger partial charge in [0.05, 0.1) is 23.3 Å². The Kier molecular flexibility index (Phi) is 4.01. The van der Waals surface area contributed by atoms with Gasteiger partial charge in [0.1, 0.15) is 5.75 Å². The number of nitrogens with zero attached hydrogens (tertiary/aromatic N) is 1. The number of ether oxygens (including phenoxy) is 1. The Morgan fingerprint density at radius 3 is 2.92 bits per heavy atom. The maximum atomic E-state index is 12.5. The van der Waals surface area contributed by atoms with Crippen LogP contribution in [0.3, 0.4) is 0 Å². The van der Waals surface area contributed by atoms with Crippen molar-refractivity contribution < 1.29 is 14.3 Å². The topological polar surface area (TPSA) is 80.3 Å². The quantitative estimate of drug-likeness (QED) is 0.762. The molecule has 2 aromatic carbocycles. The number of pyridine rings is 1. The summed E-state index contributed by atoms with van der Waals surface area (Å²) in [4.78, 5) is 29.0. The molecule has 26 heavy (non-hydrogen) atoms. The van der Waals surface area contributed by atoms with Crippen molar-refractivity contribution in [1.82, 2.24) is 4.98 Å². The summed E-state index contributed by atoms with van der Waals surface area (Å²) < 4.78 is 5.67. The van der Waals surface area contributed by atoms with E-state index < -0.39 is 6.10 Å². The number of benzene rings is 2. The van der Waals surface area contributed by atoms with E-state index in [2.05, 4.69) is 15.6 Å². The van der Waals surface area contributed by atoms with Gasteiger partial charge in [0.2, 0.25) is 5.91 Å². The van der Waals surface area contributed by atoms with E-state index in [-0.39, 0.29) is 18.2 Å². The van der Waals surface area contributed by atoms with E-state index in [0.717, 1.165) is 16.5 Å². The molecule has 0 unspecified atom stereocenters. The summed E-state index contributed by atoms with van der Waals surface area (Å²) in [5.41, 5.74) is 3.15. The molecule has 0 spiro atoms. The molecular weight excluding hydrogens is 330 g/mol. The summed E-state index contributed by atoms with van der Waals surface area (Å²) in [6.45, 7) is 1.97. The van der Waals surface area contributed by atoms with Crippen molar-refractivity contribution in [3.05, 3.63) is 60.3 Å². The average Bonchev–Trinajstić information content (AvgIpc) is 2.65. The minimum absolute atomic E-state index is 0.0736. The molecule has 1 aliphatic rings. The Hall–Kier alpha value is -3.41. The van der Waals surface area contributed by atoms with E-state index in [1.54, 1.807) is 18.3 Å². The summed E-state index contributed by atoms with van der Waals surface area (Å²) in [5, 5.41) is 6.49. The van der Waals surface area contributed by atoms with Crippen LogP contribution in [-0.4, -0.2) is 22.9 Å². The second-order valence-electron chi connectivity index (χ2n) is 6.17. The van der Waals surface area contributed by atoms with Gasteiger partial charge in [-0.05, 0) is 42.8 Å². The highest BCUT2D eigenvalue weighted by atomic mass is 16.5. The summed E-state index contributed by atoms with van der Waals surface area (Å²) in [6.07, 6.45) is 0.786. The largest absolute Gasteiger partial charge is 0.478 e. The molecule has 2 amide bonds. The highest BCUT2D eigenvalue weighted by Gasteiger charge is 2.29. The minimum atomic E-state index is -0.861. The normalized spacial score (nSPS) is 15.7. The number of fused-ring (bicyclic) bond motifs is 2. The molecule has 0 aliphatic carbocycles. The fraction of sp³-hybridized carbons (Fsp3) is 0.150. The highest BCUT2D eigenvalue weighted by Crippen LogP contribution is 2.30. The molecule has 0 radical (unpaired) electrons. The molecule has 1 aromatic heterocycles. The van der Waals surface area contributed by atoms with Gasteiger partial charge in [-0.15, -0.1) is 0 Å². The van der Waals surface area contributed by atoms with Crippen LogP contribution in [0.25, 0.3) is 10.9 Å². The zero-order chi connectivity index (χ0) is 18.1. The molecule has 1 aliphatic heterocycles. The number of nitrogens with one attached hydrogen (secondary N) is 2. The van der Waals surface area contributed by atoms with Gasteiger partial charge in [0.15, 0.2) is 6.10 Å². The Morgan fingerprint density at radius 2 is 2.04 bits per heavy atom. The summed E-state index contributed by atoms with van der Waals surface area (Å²) in [6, 6.07) is 14.6. The van der Waals surface area contributed by atoms with Gasteiger partial charge < -0.3 is 15.4 Å². The average molecular weight is 347 g/mol. The number of carbonyl (C=O) groups excluding carboxylic acids is 2. The van der Waals surface area contributed by atoms with Gasteiger partial charge >= 0.3 is 0 Å². The van der Waals surface area contributed by atoms with E-state index in [4.69, 9.17) is 4.74 Å². The summed E-state index contributed by atoms with van der Waals surface area (Å²) in [5.74, 6) is -0.0531. The maximum Gasteiger partial charge on any atom is 0.266 e. The number of amides is 2. The molecule has 2 N–H and O–H groups in total. The van der Waals surface area contributed by atoms with Gasteiger partial charge in [-0.1, -0.05) is 18.2 Å². The standard InChI is InChI=1S/C20H17N3O3/c1-12-8-9-14(13-5-4-10-21-19(12)13)22-18(24)11-17-20(25)23-15-6-2-3-7-16(15)26-17/h2-10,17H,11H2,1H3,(H,22,24)(H,23,25)/t17-/m1/s1. The first-order valence-corrected chi connectivity index (χ1v) is 8.32. The number of hydrogen-bond acceptors (Lipinski definition) is 4. The second kappa shape index (κ2) is 6.48. The van der Waals surface area contributed by atoms with Gasteiger partial charge in [-0.25, -0.2) is 0 Å². The van der Waals surface area contributed by atoms with E-state index in [1.165, 1.54) is 0 Å².